The molecule has 1 aliphatic carbocycles. The van der Waals surface area contributed by atoms with Crippen molar-refractivity contribution in [1.82, 2.24) is 5.32 Å². The van der Waals surface area contributed by atoms with Crippen molar-refractivity contribution in [2.45, 2.75) is 76.4 Å². The molecule has 1 saturated heterocycles. The molecule has 4 atom stereocenters. The van der Waals surface area contributed by atoms with Gasteiger partial charge in [0, 0.05) is 18.4 Å². The number of aliphatic hydroxyl groups is 1. The summed E-state index contributed by atoms with van der Waals surface area (Å²) in [6.07, 6.45) is 4.13. The number of ether oxygens (including phenoxy) is 4. The van der Waals surface area contributed by atoms with Crippen LogP contribution in [0.25, 0.3) is 6.08 Å². The van der Waals surface area contributed by atoms with Crippen molar-refractivity contribution in [2.24, 2.45) is 0 Å². The molecule has 1 aliphatic heterocycles. The number of para-hydroxylation sites is 1. The van der Waals surface area contributed by atoms with Crippen molar-refractivity contribution < 1.29 is 43.5 Å². The van der Waals surface area contributed by atoms with Gasteiger partial charge in [-0.2, -0.15) is 0 Å². The molecule has 230 valence electrons. The van der Waals surface area contributed by atoms with Crippen LogP contribution < -0.4 is 5.32 Å². The van der Waals surface area contributed by atoms with Crippen molar-refractivity contribution in [2.75, 3.05) is 13.4 Å². The molecule has 1 heterocycles. The molecule has 0 saturated carbocycles. The molecule has 4 rings (SSSR count). The third kappa shape index (κ3) is 9.00. The number of aromatic hydroxyl groups is 1. The maximum absolute atomic E-state index is 13.4. The predicted molar refractivity (Wildman–Crippen MR) is 158 cm³/mol. The van der Waals surface area contributed by atoms with E-state index >= 15 is 0 Å². The molecule has 4 unspecified atom stereocenters. The SMILES string of the molecule is CC(C)(C)OC(=O)CCC(CO)NC(=O)C1=CC2OCOC2C(OC(=O)c2ccccc2C=CCc2ccccc2O)C1. The Labute approximate surface area is 251 Å². The van der Waals surface area contributed by atoms with E-state index in [0.717, 1.165) is 5.56 Å². The largest absolute Gasteiger partial charge is 0.508 e. The van der Waals surface area contributed by atoms with Crippen LogP contribution in [0.1, 0.15) is 61.5 Å². The van der Waals surface area contributed by atoms with E-state index in [1.165, 1.54) is 0 Å². The lowest BCUT2D eigenvalue weighted by atomic mass is 9.91. The number of carbonyl (C=O) groups excluding carboxylic acids is 3. The second-order valence-electron chi connectivity index (χ2n) is 11.5. The average Bonchev–Trinajstić information content (AvgIpc) is 3.45. The van der Waals surface area contributed by atoms with E-state index in [-0.39, 0.29) is 38.4 Å². The number of rotatable bonds is 11. The first kappa shape index (κ1) is 31.9. The predicted octanol–water partition coefficient (Wildman–Crippen LogP) is 3.84. The van der Waals surface area contributed by atoms with E-state index in [4.69, 9.17) is 18.9 Å². The number of aliphatic hydroxyl groups excluding tert-OH is 1. The number of esters is 2. The minimum Gasteiger partial charge on any atom is -0.508 e. The Morgan fingerprint density at radius 1 is 1.09 bits per heavy atom. The number of benzene rings is 2. The Morgan fingerprint density at radius 3 is 2.58 bits per heavy atom. The van der Waals surface area contributed by atoms with Gasteiger partial charge in [0.2, 0.25) is 5.91 Å². The molecule has 2 aromatic carbocycles. The first-order chi connectivity index (χ1) is 20.5. The van der Waals surface area contributed by atoms with Crippen LogP contribution in [-0.2, 0) is 35.0 Å². The van der Waals surface area contributed by atoms with Gasteiger partial charge in [-0.25, -0.2) is 4.79 Å². The Morgan fingerprint density at radius 2 is 1.84 bits per heavy atom. The summed E-state index contributed by atoms with van der Waals surface area (Å²) >= 11 is 0. The highest BCUT2D eigenvalue weighted by molar-refractivity contribution is 5.95. The van der Waals surface area contributed by atoms with Crippen LogP contribution in [0, 0.1) is 0 Å². The highest BCUT2D eigenvalue weighted by atomic mass is 16.7. The third-order valence-corrected chi connectivity index (χ3v) is 7.03. The van der Waals surface area contributed by atoms with E-state index in [1.807, 2.05) is 24.3 Å². The first-order valence-corrected chi connectivity index (χ1v) is 14.3. The summed E-state index contributed by atoms with van der Waals surface area (Å²) in [6.45, 7) is 4.94. The number of hydrogen-bond acceptors (Lipinski definition) is 9. The van der Waals surface area contributed by atoms with Gasteiger partial charge < -0.3 is 34.5 Å². The Balaban J connectivity index is 1.40. The molecule has 3 N–H and O–H groups in total. The maximum Gasteiger partial charge on any atom is 0.339 e. The van der Waals surface area contributed by atoms with E-state index in [2.05, 4.69) is 5.32 Å². The fraction of sp³-hybridized carbons (Fsp3) is 0.424. The second kappa shape index (κ2) is 14.5. The van der Waals surface area contributed by atoms with Gasteiger partial charge in [0.15, 0.2) is 0 Å². The standard InChI is InChI=1S/C33H39NO9/c1-33(2,3)43-29(37)16-15-24(19-35)34-31(38)23-17-27-30(41-20-40-27)28(18-23)42-32(39)25-13-6-4-9-21(25)11-8-12-22-10-5-7-14-26(22)36/h4-11,13-14,17,24,27-28,30,35-36H,12,15-16,18-20H2,1-3H3,(H,34,38). The Bertz CT molecular complexity index is 1360. The number of carbonyl (C=O) groups is 3. The van der Waals surface area contributed by atoms with Crippen molar-refractivity contribution in [1.29, 1.82) is 0 Å². The first-order valence-electron chi connectivity index (χ1n) is 14.3. The number of phenols is 1. The Hall–Kier alpha value is -3.99. The molecule has 43 heavy (non-hydrogen) atoms. The van der Waals surface area contributed by atoms with E-state index in [0.29, 0.717) is 23.1 Å². The lowest BCUT2D eigenvalue weighted by Crippen LogP contribution is -2.45. The summed E-state index contributed by atoms with van der Waals surface area (Å²) in [5, 5.41) is 22.6. The van der Waals surface area contributed by atoms with Crippen LogP contribution in [0.15, 0.2) is 66.3 Å². The minimum absolute atomic E-state index is 0.00437. The lowest BCUT2D eigenvalue weighted by molar-refractivity contribution is -0.155. The number of amides is 1. The average molecular weight is 594 g/mol. The molecule has 10 nitrogen and oxygen atoms in total. The van der Waals surface area contributed by atoms with Crippen LogP contribution >= 0.6 is 0 Å². The van der Waals surface area contributed by atoms with Crippen LogP contribution in [0.4, 0.5) is 0 Å². The summed E-state index contributed by atoms with van der Waals surface area (Å²) in [5.41, 5.74) is 1.45. The highest BCUT2D eigenvalue weighted by Crippen LogP contribution is 2.31. The maximum atomic E-state index is 13.4. The molecule has 10 heteroatoms. The van der Waals surface area contributed by atoms with Gasteiger partial charge in [0.1, 0.15) is 36.5 Å². The molecular formula is C33H39NO9. The van der Waals surface area contributed by atoms with Crippen molar-refractivity contribution in [3.63, 3.8) is 0 Å². The summed E-state index contributed by atoms with van der Waals surface area (Å²) in [5.74, 6) is -1.25. The number of allylic oxidation sites excluding steroid dienone is 1. The summed E-state index contributed by atoms with van der Waals surface area (Å²) in [7, 11) is 0. The van der Waals surface area contributed by atoms with E-state index in [9.17, 15) is 24.6 Å². The summed E-state index contributed by atoms with van der Waals surface area (Å²) in [6, 6.07) is 13.4. The van der Waals surface area contributed by atoms with Crippen molar-refractivity contribution >= 4 is 23.9 Å². The fourth-order valence-corrected chi connectivity index (χ4v) is 4.92. The molecule has 0 bridgehead atoms. The highest BCUT2D eigenvalue weighted by Gasteiger charge is 2.42. The number of fused-ring (bicyclic) bond motifs is 1. The van der Waals surface area contributed by atoms with Gasteiger partial charge in [0.05, 0.1) is 18.2 Å². The topological polar surface area (TPSA) is 141 Å². The molecule has 2 aromatic rings. The molecular weight excluding hydrogens is 554 g/mol. The monoisotopic (exact) mass is 593 g/mol. The van der Waals surface area contributed by atoms with Crippen LogP contribution in [0.3, 0.4) is 0 Å². The quantitative estimate of drug-likeness (QED) is 0.332. The van der Waals surface area contributed by atoms with Crippen LogP contribution in [0.5, 0.6) is 5.75 Å². The molecule has 2 aliphatic rings. The molecule has 0 aromatic heterocycles. The van der Waals surface area contributed by atoms with Gasteiger partial charge in [-0.3, -0.25) is 9.59 Å². The third-order valence-electron chi connectivity index (χ3n) is 7.03. The molecule has 1 fully saturated rings. The van der Waals surface area contributed by atoms with Crippen LogP contribution in [0.2, 0.25) is 0 Å². The number of nitrogens with one attached hydrogen (secondary N) is 1. The smallest absolute Gasteiger partial charge is 0.339 e. The Kier molecular flexibility index (Phi) is 10.7. The zero-order valence-corrected chi connectivity index (χ0v) is 24.7. The molecule has 0 spiro atoms. The minimum atomic E-state index is -0.793. The van der Waals surface area contributed by atoms with Gasteiger partial charge >= 0.3 is 11.9 Å². The zero-order chi connectivity index (χ0) is 31.0. The number of phenolic OH excluding ortho intramolecular Hbond substituents is 1. The van der Waals surface area contributed by atoms with Gasteiger partial charge in [-0.05, 0) is 62.9 Å². The van der Waals surface area contributed by atoms with Gasteiger partial charge in [0.25, 0.3) is 0 Å². The van der Waals surface area contributed by atoms with Crippen molar-refractivity contribution in [3.05, 3.63) is 82.9 Å². The fourth-order valence-electron chi connectivity index (χ4n) is 4.92. The van der Waals surface area contributed by atoms with Gasteiger partial charge in [-0.1, -0.05) is 48.6 Å². The number of hydrogen-bond donors (Lipinski definition) is 3. The van der Waals surface area contributed by atoms with E-state index < -0.39 is 47.8 Å². The second-order valence-corrected chi connectivity index (χ2v) is 11.5. The normalized spacial score (nSPS) is 20.7. The summed E-state index contributed by atoms with van der Waals surface area (Å²) in [4.78, 5) is 38.6. The molecule has 1 amide bonds. The molecule has 0 radical (unpaired) electrons. The zero-order valence-electron chi connectivity index (χ0n) is 24.7. The van der Waals surface area contributed by atoms with Crippen LogP contribution in [-0.4, -0.2) is 71.4 Å². The van der Waals surface area contributed by atoms with E-state index in [1.54, 1.807) is 63.3 Å². The van der Waals surface area contributed by atoms with Gasteiger partial charge in [-0.15, -0.1) is 0 Å². The summed E-state index contributed by atoms with van der Waals surface area (Å²) < 4.78 is 22.5. The lowest BCUT2D eigenvalue weighted by Gasteiger charge is -2.30. The van der Waals surface area contributed by atoms with Crippen molar-refractivity contribution in [3.8, 4) is 5.75 Å².